The molecule has 0 aromatic carbocycles. The van der Waals surface area contributed by atoms with Gasteiger partial charge in [0.05, 0.1) is 6.54 Å². The van der Waals surface area contributed by atoms with Gasteiger partial charge in [-0.3, -0.25) is 4.79 Å². The van der Waals surface area contributed by atoms with Crippen molar-refractivity contribution in [2.45, 2.75) is 26.4 Å². The zero-order chi connectivity index (χ0) is 14.0. The van der Waals surface area contributed by atoms with Crippen molar-refractivity contribution < 1.29 is 4.79 Å². The highest BCUT2D eigenvalue weighted by Crippen LogP contribution is 2.22. The average molecular weight is 263 g/mol. The number of fused-ring (bicyclic) bond motifs is 1. The summed E-state index contributed by atoms with van der Waals surface area (Å²) in [5.74, 6) is 0.530. The molecule has 2 heterocycles. The quantitative estimate of drug-likeness (QED) is 0.852. The molecule has 1 aromatic heterocycles. The maximum Gasteiger partial charge on any atom is 0.273 e. The van der Waals surface area contributed by atoms with Crippen LogP contribution in [0.1, 0.15) is 29.9 Å². The maximum atomic E-state index is 12.2. The Labute approximate surface area is 113 Å². The van der Waals surface area contributed by atoms with Gasteiger partial charge in [0.25, 0.3) is 5.91 Å². The lowest BCUT2D eigenvalue weighted by Crippen LogP contribution is -2.31. The molecule has 0 saturated heterocycles. The molecule has 2 rings (SSSR count). The Morgan fingerprint density at radius 1 is 1.47 bits per heavy atom. The molecule has 0 unspecified atom stereocenters. The van der Waals surface area contributed by atoms with Crippen molar-refractivity contribution in [1.82, 2.24) is 19.8 Å². The third kappa shape index (κ3) is 3.01. The number of anilines is 1. The van der Waals surface area contributed by atoms with E-state index in [1.165, 1.54) is 0 Å². The molecule has 0 aliphatic carbocycles. The third-order valence-electron chi connectivity index (χ3n) is 3.13. The number of carbonyl (C=O) groups excluding carboxylic acids is 1. The number of carbonyl (C=O) groups is 1. The van der Waals surface area contributed by atoms with Gasteiger partial charge in [0, 0.05) is 30.9 Å². The molecular weight excluding hydrogens is 242 g/mol. The molecule has 1 aliphatic rings. The minimum atomic E-state index is 0.00283. The van der Waals surface area contributed by atoms with E-state index in [0.717, 1.165) is 18.7 Å². The van der Waals surface area contributed by atoms with Gasteiger partial charge < -0.3 is 15.1 Å². The number of nitrogens with zero attached hydrogens (tertiary/aromatic N) is 4. The Kier molecular flexibility index (Phi) is 3.99. The van der Waals surface area contributed by atoms with Crippen LogP contribution in [0.5, 0.6) is 0 Å². The van der Waals surface area contributed by atoms with Crippen LogP contribution < -0.4 is 5.32 Å². The number of hydrogen-bond donors (Lipinski definition) is 1. The van der Waals surface area contributed by atoms with Gasteiger partial charge in [-0.1, -0.05) is 0 Å². The van der Waals surface area contributed by atoms with Crippen molar-refractivity contribution in [3.63, 3.8) is 0 Å². The summed E-state index contributed by atoms with van der Waals surface area (Å²) in [7, 11) is 4.02. The number of hydrogen-bond acceptors (Lipinski definition) is 5. The van der Waals surface area contributed by atoms with Gasteiger partial charge in [0.1, 0.15) is 5.69 Å². The van der Waals surface area contributed by atoms with Crippen molar-refractivity contribution >= 4 is 11.9 Å². The van der Waals surface area contributed by atoms with Crippen LogP contribution in [0.25, 0.3) is 0 Å². The third-order valence-corrected chi connectivity index (χ3v) is 3.13. The van der Waals surface area contributed by atoms with Crippen LogP contribution >= 0.6 is 0 Å². The second kappa shape index (κ2) is 5.52. The summed E-state index contributed by atoms with van der Waals surface area (Å²) in [6.07, 6.45) is 1.75. The fraction of sp³-hybridized carbons (Fsp3) is 0.615. The smallest absolute Gasteiger partial charge is 0.273 e. The topological polar surface area (TPSA) is 61.4 Å². The fourth-order valence-corrected chi connectivity index (χ4v) is 1.99. The highest BCUT2D eigenvalue weighted by Gasteiger charge is 2.31. The minimum absolute atomic E-state index is 0.00283. The van der Waals surface area contributed by atoms with Crippen LogP contribution in [-0.4, -0.2) is 58.9 Å². The van der Waals surface area contributed by atoms with Gasteiger partial charge in [0.2, 0.25) is 5.95 Å². The van der Waals surface area contributed by atoms with Gasteiger partial charge in [-0.2, -0.15) is 0 Å². The first-order valence-corrected chi connectivity index (χ1v) is 6.54. The van der Waals surface area contributed by atoms with E-state index in [1.54, 1.807) is 6.20 Å². The Morgan fingerprint density at radius 3 is 2.84 bits per heavy atom. The highest BCUT2D eigenvalue weighted by molar-refractivity contribution is 5.96. The number of nitrogens with one attached hydrogen (secondary N) is 1. The lowest BCUT2D eigenvalue weighted by Gasteiger charge is -2.19. The SMILES string of the molecule is CC(C)N1Cc2cnc(NCCN(C)C)nc2C1=O. The second-order valence-electron chi connectivity index (χ2n) is 5.32. The molecule has 1 N–H and O–H groups in total. The van der Waals surface area contributed by atoms with Crippen LogP contribution in [0.4, 0.5) is 5.95 Å². The van der Waals surface area contributed by atoms with Crippen LogP contribution in [0.2, 0.25) is 0 Å². The van der Waals surface area contributed by atoms with E-state index in [0.29, 0.717) is 18.2 Å². The van der Waals surface area contributed by atoms with Crippen LogP contribution in [0.15, 0.2) is 6.20 Å². The van der Waals surface area contributed by atoms with Crippen molar-refractivity contribution in [3.8, 4) is 0 Å². The van der Waals surface area contributed by atoms with Gasteiger partial charge in [-0.05, 0) is 27.9 Å². The first-order chi connectivity index (χ1) is 8.99. The standard InChI is InChI=1S/C13H21N5O/c1-9(2)18-8-10-7-15-13(14-5-6-17(3)4)16-11(10)12(18)19/h7,9H,5-6,8H2,1-4H3,(H,14,15,16). The summed E-state index contributed by atoms with van der Waals surface area (Å²) in [5, 5.41) is 3.14. The first kappa shape index (κ1) is 13.7. The fourth-order valence-electron chi connectivity index (χ4n) is 1.99. The first-order valence-electron chi connectivity index (χ1n) is 6.54. The Morgan fingerprint density at radius 2 is 2.21 bits per heavy atom. The number of likely N-dealkylation sites (N-methyl/N-ethyl adjacent to an activating group) is 1. The highest BCUT2D eigenvalue weighted by atomic mass is 16.2. The molecular formula is C13H21N5O. The second-order valence-corrected chi connectivity index (χ2v) is 5.32. The zero-order valence-corrected chi connectivity index (χ0v) is 12.0. The van der Waals surface area contributed by atoms with Crippen molar-refractivity contribution in [2.24, 2.45) is 0 Å². The molecule has 0 spiro atoms. The van der Waals surface area contributed by atoms with E-state index >= 15 is 0 Å². The molecule has 19 heavy (non-hydrogen) atoms. The lowest BCUT2D eigenvalue weighted by molar-refractivity contribution is 0.0726. The molecule has 0 radical (unpaired) electrons. The van der Waals surface area contributed by atoms with Gasteiger partial charge in [0.15, 0.2) is 0 Å². The molecule has 1 aliphatic heterocycles. The molecule has 0 bridgehead atoms. The largest absolute Gasteiger partial charge is 0.353 e. The van der Waals surface area contributed by atoms with E-state index in [9.17, 15) is 4.79 Å². The molecule has 0 fully saturated rings. The molecule has 6 nitrogen and oxygen atoms in total. The normalized spacial score (nSPS) is 14.4. The van der Waals surface area contributed by atoms with Gasteiger partial charge in [-0.25, -0.2) is 9.97 Å². The minimum Gasteiger partial charge on any atom is -0.353 e. The Hall–Kier alpha value is -1.69. The summed E-state index contributed by atoms with van der Waals surface area (Å²) in [4.78, 5) is 24.6. The summed E-state index contributed by atoms with van der Waals surface area (Å²) in [6, 6.07) is 0.187. The molecule has 6 heteroatoms. The van der Waals surface area contributed by atoms with Crippen molar-refractivity contribution in [1.29, 1.82) is 0 Å². The molecule has 0 saturated carbocycles. The number of rotatable bonds is 5. The van der Waals surface area contributed by atoms with E-state index < -0.39 is 0 Å². The Bertz CT molecular complexity index is 472. The number of amides is 1. The zero-order valence-electron chi connectivity index (χ0n) is 12.0. The van der Waals surface area contributed by atoms with E-state index in [1.807, 2.05) is 32.8 Å². The van der Waals surface area contributed by atoms with Crippen molar-refractivity contribution in [2.75, 3.05) is 32.5 Å². The van der Waals surface area contributed by atoms with Gasteiger partial charge >= 0.3 is 0 Å². The van der Waals surface area contributed by atoms with E-state index in [4.69, 9.17) is 0 Å². The average Bonchev–Trinajstić information content (AvgIpc) is 2.67. The van der Waals surface area contributed by atoms with Crippen LogP contribution in [0, 0.1) is 0 Å². The maximum absolute atomic E-state index is 12.2. The summed E-state index contributed by atoms with van der Waals surface area (Å²) >= 11 is 0. The molecule has 1 amide bonds. The predicted octanol–water partition coefficient (Wildman–Crippen LogP) is 0.814. The predicted molar refractivity (Wildman–Crippen MR) is 74.1 cm³/mol. The molecule has 0 atom stereocenters. The Balaban J connectivity index is 2.07. The van der Waals surface area contributed by atoms with Gasteiger partial charge in [-0.15, -0.1) is 0 Å². The van der Waals surface area contributed by atoms with Crippen LogP contribution in [-0.2, 0) is 6.54 Å². The summed E-state index contributed by atoms with van der Waals surface area (Å²) in [6.45, 7) is 6.28. The molecule has 1 aromatic rings. The monoisotopic (exact) mass is 263 g/mol. The summed E-state index contributed by atoms with van der Waals surface area (Å²) < 4.78 is 0. The van der Waals surface area contributed by atoms with E-state index in [2.05, 4.69) is 20.2 Å². The summed E-state index contributed by atoms with van der Waals surface area (Å²) in [5.41, 5.74) is 1.45. The lowest BCUT2D eigenvalue weighted by atomic mass is 10.3. The van der Waals surface area contributed by atoms with Crippen LogP contribution in [0.3, 0.4) is 0 Å². The van der Waals surface area contributed by atoms with E-state index in [-0.39, 0.29) is 11.9 Å². The van der Waals surface area contributed by atoms with Crippen molar-refractivity contribution in [3.05, 3.63) is 17.5 Å². The molecule has 104 valence electrons. The number of aromatic nitrogens is 2.